The lowest BCUT2D eigenvalue weighted by Gasteiger charge is -2.37. The van der Waals surface area contributed by atoms with Crippen LogP contribution in [-0.2, 0) is 6.54 Å². The number of hydrogen-bond acceptors (Lipinski definition) is 3. The minimum Gasteiger partial charge on any atom is -0.393 e. The molecular formula is C16H21ClN2O2. The van der Waals surface area contributed by atoms with E-state index in [0.29, 0.717) is 13.0 Å². The summed E-state index contributed by atoms with van der Waals surface area (Å²) in [4.78, 5) is 5.63. The number of hydrogen-bond donors (Lipinski definition) is 3. The summed E-state index contributed by atoms with van der Waals surface area (Å²) in [7, 11) is 0. The van der Waals surface area contributed by atoms with Gasteiger partial charge in [0.25, 0.3) is 0 Å². The van der Waals surface area contributed by atoms with Crippen LogP contribution in [0.4, 0.5) is 0 Å². The maximum atomic E-state index is 10.3. The molecular weight excluding hydrogens is 288 g/mol. The van der Waals surface area contributed by atoms with E-state index >= 15 is 0 Å². The minimum atomic E-state index is -0.957. The Balaban J connectivity index is 1.83. The van der Waals surface area contributed by atoms with Gasteiger partial charge in [-0.15, -0.1) is 0 Å². The summed E-state index contributed by atoms with van der Waals surface area (Å²) in [5.74, 6) is 0. The van der Waals surface area contributed by atoms with Crippen molar-refractivity contribution in [1.29, 1.82) is 0 Å². The topological polar surface area (TPSA) is 59.5 Å². The molecule has 2 heterocycles. The summed E-state index contributed by atoms with van der Waals surface area (Å²) in [6.07, 6.45) is 1.57. The first-order valence-corrected chi connectivity index (χ1v) is 7.71. The van der Waals surface area contributed by atoms with Crippen LogP contribution in [0, 0.1) is 6.92 Å². The van der Waals surface area contributed by atoms with E-state index in [0.717, 1.165) is 41.1 Å². The third-order valence-electron chi connectivity index (χ3n) is 4.43. The Bertz CT molecular complexity index is 655. The normalized spacial score (nSPS) is 23.8. The van der Waals surface area contributed by atoms with Crippen molar-refractivity contribution in [3.8, 4) is 0 Å². The van der Waals surface area contributed by atoms with Crippen LogP contribution >= 0.6 is 11.6 Å². The SMILES string of the molecule is Cc1c(CN2CCC[C@](O)(CO)C2)[nH]c2ccc(Cl)cc12. The lowest BCUT2D eigenvalue weighted by molar-refractivity contribution is -0.0689. The fourth-order valence-corrected chi connectivity index (χ4v) is 3.38. The zero-order chi connectivity index (χ0) is 15.0. The van der Waals surface area contributed by atoms with Crippen LogP contribution in [-0.4, -0.2) is 45.4 Å². The maximum Gasteiger partial charge on any atom is 0.100 e. The van der Waals surface area contributed by atoms with Crippen molar-refractivity contribution in [2.45, 2.75) is 31.9 Å². The van der Waals surface area contributed by atoms with Gasteiger partial charge in [-0.05, 0) is 50.1 Å². The summed E-state index contributed by atoms with van der Waals surface area (Å²) in [6.45, 7) is 4.12. The average Bonchev–Trinajstić information content (AvgIpc) is 2.76. The van der Waals surface area contributed by atoms with E-state index in [2.05, 4.69) is 16.8 Å². The van der Waals surface area contributed by atoms with Gasteiger partial charge in [0.05, 0.1) is 6.61 Å². The summed E-state index contributed by atoms with van der Waals surface area (Å²) in [5.41, 5.74) is 2.47. The molecule has 3 rings (SSSR count). The zero-order valence-corrected chi connectivity index (χ0v) is 13.0. The quantitative estimate of drug-likeness (QED) is 0.816. The number of nitrogens with one attached hydrogen (secondary N) is 1. The van der Waals surface area contributed by atoms with Gasteiger partial charge in [0.2, 0.25) is 0 Å². The van der Waals surface area contributed by atoms with Gasteiger partial charge in [-0.2, -0.15) is 0 Å². The number of β-amino-alcohol motifs (C(OH)–C–C–N with tert-alkyl or cyclic N) is 1. The number of H-pyrrole nitrogens is 1. The van der Waals surface area contributed by atoms with Crippen molar-refractivity contribution in [2.24, 2.45) is 0 Å². The molecule has 0 bridgehead atoms. The molecule has 1 aromatic heterocycles. The Morgan fingerprint density at radius 3 is 3.00 bits per heavy atom. The van der Waals surface area contributed by atoms with E-state index in [4.69, 9.17) is 11.6 Å². The maximum absolute atomic E-state index is 10.3. The van der Waals surface area contributed by atoms with Gasteiger partial charge >= 0.3 is 0 Å². The average molecular weight is 309 g/mol. The molecule has 114 valence electrons. The highest BCUT2D eigenvalue weighted by Gasteiger charge is 2.32. The Labute approximate surface area is 129 Å². The van der Waals surface area contributed by atoms with Crippen LogP contribution < -0.4 is 0 Å². The van der Waals surface area contributed by atoms with E-state index in [1.165, 1.54) is 5.56 Å². The van der Waals surface area contributed by atoms with Gasteiger partial charge in [-0.1, -0.05) is 11.6 Å². The molecule has 0 amide bonds. The lowest BCUT2D eigenvalue weighted by atomic mass is 9.93. The number of fused-ring (bicyclic) bond motifs is 1. The number of halogens is 1. The van der Waals surface area contributed by atoms with E-state index < -0.39 is 5.60 Å². The highest BCUT2D eigenvalue weighted by Crippen LogP contribution is 2.27. The summed E-state index contributed by atoms with van der Waals surface area (Å²) >= 11 is 6.06. The van der Waals surface area contributed by atoms with Gasteiger partial charge in [-0.3, -0.25) is 4.90 Å². The van der Waals surface area contributed by atoms with Crippen molar-refractivity contribution in [1.82, 2.24) is 9.88 Å². The Hall–Kier alpha value is -1.07. The largest absolute Gasteiger partial charge is 0.393 e. The second-order valence-electron chi connectivity index (χ2n) is 6.12. The zero-order valence-electron chi connectivity index (χ0n) is 12.2. The van der Waals surface area contributed by atoms with Gasteiger partial charge in [0.15, 0.2) is 0 Å². The standard InChI is InChI=1S/C16H21ClN2O2/c1-11-13-7-12(17)3-4-14(13)18-15(11)8-19-6-2-5-16(21,9-19)10-20/h3-4,7,18,20-21H,2,5-6,8-10H2,1H3/t16-/m1/s1. The molecule has 3 N–H and O–H groups in total. The number of piperidine rings is 1. The van der Waals surface area contributed by atoms with Crippen LogP contribution in [0.15, 0.2) is 18.2 Å². The molecule has 1 saturated heterocycles. The molecule has 1 fully saturated rings. The van der Waals surface area contributed by atoms with Gasteiger partial charge in [0, 0.05) is 34.7 Å². The lowest BCUT2D eigenvalue weighted by Crippen LogP contribution is -2.50. The number of aliphatic hydroxyl groups is 2. The number of likely N-dealkylation sites (tertiary alicyclic amines) is 1. The molecule has 2 aromatic rings. The third-order valence-corrected chi connectivity index (χ3v) is 4.67. The number of aryl methyl sites for hydroxylation is 1. The molecule has 1 atom stereocenters. The number of rotatable bonds is 3. The molecule has 21 heavy (non-hydrogen) atoms. The molecule has 1 aliphatic heterocycles. The Kier molecular flexibility index (Phi) is 3.97. The number of aromatic nitrogens is 1. The molecule has 0 radical (unpaired) electrons. The summed E-state index contributed by atoms with van der Waals surface area (Å²) in [5, 5.41) is 21.5. The van der Waals surface area contributed by atoms with E-state index in [-0.39, 0.29) is 6.61 Å². The first kappa shape index (κ1) is 14.9. The van der Waals surface area contributed by atoms with Crippen molar-refractivity contribution in [3.05, 3.63) is 34.5 Å². The van der Waals surface area contributed by atoms with Crippen LogP contribution in [0.5, 0.6) is 0 Å². The second-order valence-corrected chi connectivity index (χ2v) is 6.55. The fourth-order valence-electron chi connectivity index (χ4n) is 3.21. The highest BCUT2D eigenvalue weighted by molar-refractivity contribution is 6.31. The van der Waals surface area contributed by atoms with Crippen LogP contribution in [0.2, 0.25) is 5.02 Å². The number of aliphatic hydroxyl groups excluding tert-OH is 1. The van der Waals surface area contributed by atoms with Gasteiger partial charge in [0.1, 0.15) is 5.60 Å². The Morgan fingerprint density at radius 1 is 1.43 bits per heavy atom. The number of nitrogens with zero attached hydrogens (tertiary/aromatic N) is 1. The molecule has 5 heteroatoms. The molecule has 1 aromatic carbocycles. The van der Waals surface area contributed by atoms with Crippen molar-refractivity contribution >= 4 is 22.5 Å². The van der Waals surface area contributed by atoms with Crippen molar-refractivity contribution in [3.63, 3.8) is 0 Å². The van der Waals surface area contributed by atoms with Crippen molar-refractivity contribution < 1.29 is 10.2 Å². The number of aromatic amines is 1. The van der Waals surface area contributed by atoms with E-state index in [9.17, 15) is 10.2 Å². The first-order valence-electron chi connectivity index (χ1n) is 7.33. The molecule has 0 unspecified atom stereocenters. The monoisotopic (exact) mass is 308 g/mol. The highest BCUT2D eigenvalue weighted by atomic mass is 35.5. The van der Waals surface area contributed by atoms with Gasteiger partial charge < -0.3 is 15.2 Å². The first-order chi connectivity index (χ1) is 10.0. The molecule has 4 nitrogen and oxygen atoms in total. The number of benzene rings is 1. The Morgan fingerprint density at radius 2 is 2.24 bits per heavy atom. The summed E-state index contributed by atoms with van der Waals surface area (Å²) < 4.78 is 0. The predicted molar refractivity (Wildman–Crippen MR) is 84.6 cm³/mol. The molecule has 0 aliphatic carbocycles. The van der Waals surface area contributed by atoms with Crippen LogP contribution in [0.1, 0.15) is 24.1 Å². The summed E-state index contributed by atoms with van der Waals surface area (Å²) in [6, 6.07) is 5.86. The smallest absolute Gasteiger partial charge is 0.100 e. The second kappa shape index (κ2) is 5.61. The third kappa shape index (κ3) is 2.94. The van der Waals surface area contributed by atoms with E-state index in [1.54, 1.807) is 0 Å². The van der Waals surface area contributed by atoms with Crippen LogP contribution in [0.25, 0.3) is 10.9 Å². The fraction of sp³-hybridized carbons (Fsp3) is 0.500. The predicted octanol–water partition coefficient (Wildman–Crippen LogP) is 2.45. The van der Waals surface area contributed by atoms with Crippen LogP contribution in [0.3, 0.4) is 0 Å². The van der Waals surface area contributed by atoms with Crippen molar-refractivity contribution in [2.75, 3.05) is 19.7 Å². The minimum absolute atomic E-state index is 0.176. The van der Waals surface area contributed by atoms with E-state index in [1.807, 2.05) is 18.2 Å². The molecule has 0 saturated carbocycles. The molecule has 1 aliphatic rings. The van der Waals surface area contributed by atoms with Gasteiger partial charge in [-0.25, -0.2) is 0 Å². The molecule has 0 spiro atoms.